The molecule has 4 aliphatic carbocycles. The molecular weight excluding hydrogens is 521 g/mol. The third-order valence-corrected chi connectivity index (χ3v) is 9.42. The van der Waals surface area contributed by atoms with Crippen LogP contribution in [0.4, 0.5) is 0 Å². The average Bonchev–Trinajstić information content (AvgIpc) is 3.72. The lowest BCUT2D eigenvalue weighted by Crippen LogP contribution is -2.49. The van der Waals surface area contributed by atoms with Gasteiger partial charge in [-0.3, -0.25) is 9.97 Å². The molecular formula is C30H29Cl2N3O3. The highest BCUT2D eigenvalue weighted by Gasteiger charge is 2.50. The summed E-state index contributed by atoms with van der Waals surface area (Å²) in [6, 6.07) is 10.2. The summed E-state index contributed by atoms with van der Waals surface area (Å²) in [5, 5.41) is 6.44. The van der Waals surface area contributed by atoms with Crippen LogP contribution < -0.4 is 4.74 Å². The molecule has 3 aromatic heterocycles. The van der Waals surface area contributed by atoms with Crippen LogP contribution in [0, 0.1) is 5.41 Å². The first kappa shape index (κ1) is 24.4. The summed E-state index contributed by atoms with van der Waals surface area (Å²) in [4.78, 5) is 8.64. The van der Waals surface area contributed by atoms with E-state index in [2.05, 4.69) is 27.3 Å². The van der Waals surface area contributed by atoms with Crippen molar-refractivity contribution in [3.8, 4) is 17.0 Å². The van der Waals surface area contributed by atoms with Crippen molar-refractivity contribution in [3.63, 3.8) is 0 Å². The summed E-state index contributed by atoms with van der Waals surface area (Å²) in [5.41, 5.74) is 3.33. The third-order valence-electron chi connectivity index (χ3n) is 8.84. The van der Waals surface area contributed by atoms with E-state index in [4.69, 9.17) is 37.2 Å². The lowest BCUT2D eigenvalue weighted by Gasteiger charge is -2.52. The summed E-state index contributed by atoms with van der Waals surface area (Å²) < 4.78 is 19.0. The quantitative estimate of drug-likeness (QED) is 0.221. The predicted octanol–water partition coefficient (Wildman–Crippen LogP) is 8.16. The van der Waals surface area contributed by atoms with Crippen molar-refractivity contribution < 1.29 is 14.0 Å². The number of benzene rings is 1. The molecule has 2 bridgehead atoms. The molecule has 38 heavy (non-hydrogen) atoms. The van der Waals surface area contributed by atoms with Gasteiger partial charge in [0, 0.05) is 46.4 Å². The van der Waals surface area contributed by atoms with Crippen LogP contribution in [0.25, 0.3) is 22.2 Å². The molecule has 8 rings (SSSR count). The molecule has 4 aromatic rings. The first-order chi connectivity index (χ1) is 18.5. The van der Waals surface area contributed by atoms with Crippen molar-refractivity contribution in [2.75, 3.05) is 6.61 Å². The third kappa shape index (κ3) is 4.37. The lowest BCUT2D eigenvalue weighted by molar-refractivity contribution is -0.150. The number of para-hydroxylation sites is 1. The Labute approximate surface area is 231 Å². The minimum Gasteiger partial charge on any atom is -0.491 e. The second kappa shape index (κ2) is 9.51. The van der Waals surface area contributed by atoms with Crippen LogP contribution in [0.3, 0.4) is 0 Å². The van der Waals surface area contributed by atoms with E-state index in [1.807, 2.05) is 24.4 Å². The first-order valence-electron chi connectivity index (χ1n) is 13.4. The number of aromatic nitrogens is 3. The molecule has 0 aliphatic heterocycles. The van der Waals surface area contributed by atoms with E-state index in [0.29, 0.717) is 33.8 Å². The molecule has 196 valence electrons. The zero-order valence-electron chi connectivity index (χ0n) is 21.1. The van der Waals surface area contributed by atoms with Crippen LogP contribution >= 0.6 is 23.2 Å². The molecule has 4 aliphatic rings. The van der Waals surface area contributed by atoms with Gasteiger partial charge in [-0.15, -0.1) is 0 Å². The van der Waals surface area contributed by atoms with E-state index in [9.17, 15) is 0 Å². The molecule has 6 nitrogen and oxygen atoms in total. The largest absolute Gasteiger partial charge is 0.491 e. The van der Waals surface area contributed by atoms with E-state index >= 15 is 0 Å². The Morgan fingerprint density at radius 2 is 1.68 bits per heavy atom. The Hall–Kier alpha value is -2.67. The normalized spacial score (nSPS) is 24.7. The molecule has 0 radical (unpaired) electrons. The molecule has 8 heteroatoms. The fraction of sp³-hybridized carbons (Fsp3) is 0.433. The van der Waals surface area contributed by atoms with Gasteiger partial charge >= 0.3 is 0 Å². The van der Waals surface area contributed by atoms with E-state index < -0.39 is 0 Å². The molecule has 4 fully saturated rings. The van der Waals surface area contributed by atoms with E-state index in [-0.39, 0.29) is 11.0 Å². The van der Waals surface area contributed by atoms with Crippen molar-refractivity contribution in [2.24, 2.45) is 5.41 Å². The van der Waals surface area contributed by atoms with Gasteiger partial charge in [0.2, 0.25) is 0 Å². The summed E-state index contributed by atoms with van der Waals surface area (Å²) >= 11 is 13.0. The maximum absolute atomic E-state index is 6.78. The van der Waals surface area contributed by atoms with Crippen LogP contribution in [0.5, 0.6) is 5.75 Å². The van der Waals surface area contributed by atoms with Gasteiger partial charge in [-0.1, -0.05) is 46.6 Å². The van der Waals surface area contributed by atoms with E-state index in [0.717, 1.165) is 85.9 Å². The van der Waals surface area contributed by atoms with Crippen LogP contribution in [0.1, 0.15) is 68.6 Å². The van der Waals surface area contributed by atoms with Crippen molar-refractivity contribution in [1.29, 1.82) is 0 Å². The Kier molecular flexibility index (Phi) is 6.10. The molecule has 3 heterocycles. The monoisotopic (exact) mass is 549 g/mol. The minimum atomic E-state index is -0.121. The summed E-state index contributed by atoms with van der Waals surface area (Å²) in [7, 11) is 0. The van der Waals surface area contributed by atoms with Crippen molar-refractivity contribution in [2.45, 2.75) is 69.5 Å². The summed E-state index contributed by atoms with van der Waals surface area (Å²) in [5.74, 6) is 2.19. The van der Waals surface area contributed by atoms with Crippen molar-refractivity contribution in [3.05, 3.63) is 70.3 Å². The average molecular weight is 550 g/mol. The number of hydrogen-bond acceptors (Lipinski definition) is 6. The van der Waals surface area contributed by atoms with Gasteiger partial charge in [0.15, 0.2) is 0 Å². The number of fused-ring (bicyclic) bond motifs is 4. The Morgan fingerprint density at radius 1 is 0.947 bits per heavy atom. The summed E-state index contributed by atoms with van der Waals surface area (Å²) in [6.45, 7) is 1.17. The lowest BCUT2D eigenvalue weighted by atomic mass is 9.59. The van der Waals surface area contributed by atoms with Gasteiger partial charge in [0.25, 0.3) is 0 Å². The van der Waals surface area contributed by atoms with Crippen LogP contribution in [-0.4, -0.2) is 27.3 Å². The maximum atomic E-state index is 6.78. The maximum Gasteiger partial charge on any atom is 0.145 e. The standard InChI is InChI=1S/C30H29Cl2N3O3/c31-22-15-33-16-23(32)25(22)27-21(28(38-35-27)20-6-7-20)17-37-30-11-8-29(9-12-30,10-13-30)18-36-24-5-1-3-19-4-2-14-34-26(19)24/h1-5,14-16,20H,6-13,17-18H2. The number of pyridine rings is 2. The fourth-order valence-corrected chi connectivity index (χ4v) is 6.82. The molecule has 0 spiro atoms. The van der Waals surface area contributed by atoms with E-state index in [1.165, 1.54) is 0 Å². The highest BCUT2D eigenvalue weighted by Crippen LogP contribution is 2.55. The van der Waals surface area contributed by atoms with Crippen molar-refractivity contribution in [1.82, 2.24) is 15.1 Å². The first-order valence-corrected chi connectivity index (χ1v) is 14.2. The SMILES string of the molecule is Clc1cncc(Cl)c1-c1noc(C2CC2)c1COC12CCC(COc3cccc4cccnc34)(CC1)CC2. The molecule has 0 amide bonds. The molecule has 1 aromatic carbocycles. The molecule has 0 unspecified atom stereocenters. The minimum absolute atomic E-state index is 0.121. The van der Waals surface area contributed by atoms with Gasteiger partial charge in [0.05, 0.1) is 28.9 Å². The topological polar surface area (TPSA) is 70.3 Å². The Balaban J connectivity index is 1.05. The smallest absolute Gasteiger partial charge is 0.145 e. The van der Waals surface area contributed by atoms with Crippen molar-refractivity contribution >= 4 is 34.1 Å². The summed E-state index contributed by atoms with van der Waals surface area (Å²) in [6.07, 6.45) is 13.6. The van der Waals surface area contributed by atoms with Gasteiger partial charge in [0.1, 0.15) is 22.7 Å². The highest BCUT2D eigenvalue weighted by atomic mass is 35.5. The van der Waals surface area contributed by atoms with Gasteiger partial charge in [-0.25, -0.2) is 0 Å². The number of ether oxygens (including phenoxy) is 2. The second-order valence-corrected chi connectivity index (χ2v) is 12.0. The highest BCUT2D eigenvalue weighted by molar-refractivity contribution is 6.38. The van der Waals surface area contributed by atoms with Gasteiger partial charge in [-0.05, 0) is 63.5 Å². The molecule has 0 atom stereocenters. The molecule has 0 saturated heterocycles. The van der Waals surface area contributed by atoms with Gasteiger partial charge in [-0.2, -0.15) is 0 Å². The fourth-order valence-electron chi connectivity index (χ4n) is 6.27. The Morgan fingerprint density at radius 3 is 2.42 bits per heavy atom. The number of rotatable bonds is 8. The van der Waals surface area contributed by atoms with Gasteiger partial charge < -0.3 is 14.0 Å². The second-order valence-electron chi connectivity index (χ2n) is 11.2. The molecule has 4 saturated carbocycles. The zero-order valence-corrected chi connectivity index (χ0v) is 22.6. The van der Waals surface area contributed by atoms with Crippen LogP contribution in [0.15, 0.2) is 53.4 Å². The number of halogens is 2. The number of hydrogen-bond donors (Lipinski definition) is 0. The van der Waals surface area contributed by atoms with Crippen LogP contribution in [-0.2, 0) is 11.3 Å². The zero-order chi connectivity index (χ0) is 25.7. The number of nitrogens with zero attached hydrogens (tertiary/aromatic N) is 3. The van der Waals surface area contributed by atoms with Crippen LogP contribution in [0.2, 0.25) is 10.0 Å². The predicted molar refractivity (Wildman–Crippen MR) is 147 cm³/mol. The Bertz CT molecular complexity index is 1450. The molecule has 0 N–H and O–H groups in total. The van der Waals surface area contributed by atoms with E-state index in [1.54, 1.807) is 12.4 Å².